The number of hydrogen-bond donors (Lipinski definition) is 4. The van der Waals surface area contributed by atoms with Gasteiger partial charge in [-0.1, -0.05) is 18.7 Å². The van der Waals surface area contributed by atoms with Gasteiger partial charge in [0.1, 0.15) is 12.1 Å². The van der Waals surface area contributed by atoms with Crippen molar-refractivity contribution in [1.29, 1.82) is 0 Å². The number of ether oxygens (including phenoxy) is 2. The molecule has 1 aliphatic rings. The fraction of sp³-hybridized carbons (Fsp3) is 0.739. The Hall–Kier alpha value is -1.84. The van der Waals surface area contributed by atoms with Gasteiger partial charge in [0.2, 0.25) is 0 Å². The van der Waals surface area contributed by atoms with Crippen LogP contribution in [-0.4, -0.2) is 80.8 Å². The van der Waals surface area contributed by atoms with Gasteiger partial charge in [-0.05, 0) is 34.6 Å². The molecule has 39 heavy (non-hydrogen) atoms. The molecule has 0 aromatic carbocycles. The summed E-state index contributed by atoms with van der Waals surface area (Å²) in [5.41, 5.74) is -2.34. The van der Waals surface area contributed by atoms with E-state index in [9.17, 15) is 34.0 Å². The standard InChI is InChI=1S/C23H38N3O11PS/c1-13(2)36-20(30)15(4)25-38(33,34-9-10-39-21(31)23(5,6)12-27)35-11-16-14(3)18(29)19(37-16)26-8-7-17(28)24-22(26)32/h7-8,13-16,18-19,27,29H,9-12H2,1-6H3,(H,25,33)(H,24,28,32)/t14-,15+,16-,18-,19-,38?/m1/s1. The van der Waals surface area contributed by atoms with Gasteiger partial charge in [0, 0.05) is 23.9 Å². The van der Waals surface area contributed by atoms with Crippen molar-refractivity contribution >= 4 is 30.6 Å². The van der Waals surface area contributed by atoms with Gasteiger partial charge >= 0.3 is 19.4 Å². The van der Waals surface area contributed by atoms with Gasteiger partial charge in [-0.25, -0.2) is 14.4 Å². The van der Waals surface area contributed by atoms with Crippen molar-refractivity contribution in [2.24, 2.45) is 11.3 Å². The van der Waals surface area contributed by atoms with E-state index in [1.807, 2.05) is 0 Å². The summed E-state index contributed by atoms with van der Waals surface area (Å²) in [7, 11) is -4.19. The summed E-state index contributed by atoms with van der Waals surface area (Å²) in [6.45, 7) is 8.67. The largest absolute Gasteiger partial charge is 0.462 e. The number of carbonyl (C=O) groups excluding carboxylic acids is 2. The van der Waals surface area contributed by atoms with Crippen LogP contribution in [0.2, 0.25) is 0 Å². The number of thioether (sulfide) groups is 1. The lowest BCUT2D eigenvalue weighted by Crippen LogP contribution is -2.36. The van der Waals surface area contributed by atoms with Gasteiger partial charge < -0.3 is 19.7 Å². The molecule has 222 valence electrons. The molecule has 1 aromatic rings. The van der Waals surface area contributed by atoms with Crippen LogP contribution in [0.15, 0.2) is 21.9 Å². The minimum atomic E-state index is -4.19. The van der Waals surface area contributed by atoms with Crippen molar-refractivity contribution in [2.45, 2.75) is 72.1 Å². The molecule has 1 unspecified atom stereocenters. The van der Waals surface area contributed by atoms with Crippen LogP contribution in [0.1, 0.15) is 47.8 Å². The van der Waals surface area contributed by atoms with Crippen molar-refractivity contribution in [3.8, 4) is 0 Å². The number of esters is 1. The van der Waals surface area contributed by atoms with Crippen molar-refractivity contribution in [3.63, 3.8) is 0 Å². The van der Waals surface area contributed by atoms with Crippen molar-refractivity contribution in [3.05, 3.63) is 33.1 Å². The first-order chi connectivity index (χ1) is 18.1. The highest BCUT2D eigenvalue weighted by Crippen LogP contribution is 2.46. The van der Waals surface area contributed by atoms with E-state index in [0.717, 1.165) is 22.4 Å². The third-order valence-electron chi connectivity index (χ3n) is 5.85. The van der Waals surface area contributed by atoms with E-state index in [-0.39, 0.29) is 30.7 Å². The SMILES string of the molecule is CC(C)OC(=O)[C@H](C)NP(=O)(OCCSC(=O)C(C)(C)CO)OC[C@H]1O[C@@H](n2ccc(=O)[nH]c2=O)[C@H](O)[C@@H]1C. The topological polar surface area (TPSA) is 195 Å². The highest BCUT2D eigenvalue weighted by molar-refractivity contribution is 8.13. The van der Waals surface area contributed by atoms with Gasteiger partial charge in [0.05, 0.1) is 37.4 Å². The third kappa shape index (κ3) is 9.35. The first-order valence-electron chi connectivity index (χ1n) is 12.4. The molecule has 1 saturated heterocycles. The number of aliphatic hydroxyl groups excluding tert-OH is 2. The van der Waals surface area contributed by atoms with Gasteiger partial charge in [0.15, 0.2) is 11.3 Å². The van der Waals surface area contributed by atoms with Crippen LogP contribution < -0.4 is 16.3 Å². The summed E-state index contributed by atoms with van der Waals surface area (Å²) >= 11 is 0.891. The van der Waals surface area contributed by atoms with E-state index >= 15 is 0 Å². The minimum Gasteiger partial charge on any atom is -0.462 e. The highest BCUT2D eigenvalue weighted by atomic mass is 32.2. The molecular weight excluding hydrogens is 557 g/mol. The van der Waals surface area contributed by atoms with Crippen molar-refractivity contribution in [1.82, 2.24) is 14.6 Å². The van der Waals surface area contributed by atoms with Crippen LogP contribution >= 0.6 is 19.5 Å². The maximum atomic E-state index is 13.6. The maximum Gasteiger partial charge on any atom is 0.406 e. The zero-order valence-corrected chi connectivity index (χ0v) is 24.5. The van der Waals surface area contributed by atoms with Crippen LogP contribution in [0.5, 0.6) is 0 Å². The maximum absolute atomic E-state index is 13.6. The molecule has 1 fully saturated rings. The van der Waals surface area contributed by atoms with E-state index in [0.29, 0.717) is 0 Å². The molecule has 0 saturated carbocycles. The fourth-order valence-corrected chi connectivity index (χ4v) is 5.78. The Labute approximate surface area is 230 Å². The van der Waals surface area contributed by atoms with Gasteiger partial charge in [-0.2, -0.15) is 0 Å². The average molecular weight is 596 g/mol. The molecular formula is C23H38N3O11PS. The number of rotatable bonds is 14. The molecule has 4 N–H and O–H groups in total. The molecule has 0 aliphatic carbocycles. The lowest BCUT2D eigenvalue weighted by Gasteiger charge is -2.25. The number of nitrogens with zero attached hydrogens (tertiary/aromatic N) is 1. The zero-order chi connectivity index (χ0) is 29.5. The minimum absolute atomic E-state index is 0.0916. The summed E-state index contributed by atoms with van der Waals surface area (Å²) in [6.07, 6.45) is -2.36. The summed E-state index contributed by atoms with van der Waals surface area (Å²) in [5.74, 6) is -1.18. The predicted octanol–water partition coefficient (Wildman–Crippen LogP) is 0.780. The van der Waals surface area contributed by atoms with Crippen LogP contribution in [0.25, 0.3) is 0 Å². The normalized spacial score (nSPS) is 23.9. The summed E-state index contributed by atoms with van der Waals surface area (Å²) in [6, 6.07) is 0.0285. The molecule has 0 spiro atoms. The van der Waals surface area contributed by atoms with Crippen LogP contribution in [0.4, 0.5) is 0 Å². The van der Waals surface area contributed by atoms with Crippen LogP contribution in [0.3, 0.4) is 0 Å². The highest BCUT2D eigenvalue weighted by Gasteiger charge is 2.44. The summed E-state index contributed by atoms with van der Waals surface area (Å²) in [5, 5.41) is 22.2. The molecule has 0 bridgehead atoms. The number of aromatic amines is 1. The zero-order valence-electron chi connectivity index (χ0n) is 22.8. The quantitative estimate of drug-likeness (QED) is 0.134. The molecule has 1 aliphatic heterocycles. The summed E-state index contributed by atoms with van der Waals surface area (Å²) in [4.78, 5) is 50.2. The lowest BCUT2D eigenvalue weighted by molar-refractivity contribution is -0.149. The summed E-state index contributed by atoms with van der Waals surface area (Å²) < 4.78 is 36.6. The van der Waals surface area contributed by atoms with Crippen LogP contribution in [0, 0.1) is 11.3 Å². The van der Waals surface area contributed by atoms with E-state index < -0.39 is 66.9 Å². The Morgan fingerprint density at radius 1 is 1.28 bits per heavy atom. The van der Waals surface area contributed by atoms with Gasteiger partial charge in [0.25, 0.3) is 5.56 Å². The van der Waals surface area contributed by atoms with Crippen molar-refractivity contribution in [2.75, 3.05) is 25.6 Å². The first kappa shape index (κ1) is 33.4. The number of aromatic nitrogens is 2. The Kier molecular flexibility index (Phi) is 12.1. The Morgan fingerprint density at radius 2 is 1.95 bits per heavy atom. The second-order valence-electron chi connectivity index (χ2n) is 10.1. The number of aliphatic hydroxyl groups is 2. The van der Waals surface area contributed by atoms with E-state index in [2.05, 4.69) is 10.1 Å². The predicted molar refractivity (Wildman–Crippen MR) is 142 cm³/mol. The molecule has 0 amide bonds. The third-order valence-corrected chi connectivity index (χ3v) is 8.75. The van der Waals surface area contributed by atoms with Gasteiger partial charge in [-0.15, -0.1) is 0 Å². The van der Waals surface area contributed by atoms with Crippen molar-refractivity contribution < 1.29 is 42.9 Å². The van der Waals surface area contributed by atoms with E-state index in [4.69, 9.17) is 18.5 Å². The molecule has 1 aromatic heterocycles. The first-order valence-corrected chi connectivity index (χ1v) is 14.9. The monoisotopic (exact) mass is 595 g/mol. The Morgan fingerprint density at radius 3 is 2.54 bits per heavy atom. The molecule has 2 rings (SSSR count). The Bertz CT molecular complexity index is 1150. The molecule has 2 heterocycles. The average Bonchev–Trinajstić information content (AvgIpc) is 3.13. The Balaban J connectivity index is 2.11. The molecule has 0 radical (unpaired) electrons. The lowest BCUT2D eigenvalue weighted by atomic mass is 9.97. The molecule has 16 heteroatoms. The fourth-order valence-electron chi connectivity index (χ4n) is 3.37. The van der Waals surface area contributed by atoms with Gasteiger partial charge in [-0.3, -0.25) is 33.0 Å². The number of carbonyl (C=O) groups is 2. The number of hydrogen-bond acceptors (Lipinski definition) is 12. The smallest absolute Gasteiger partial charge is 0.406 e. The molecule has 6 atom stereocenters. The second kappa shape index (κ2) is 14.2. The number of nitrogens with one attached hydrogen (secondary N) is 2. The van der Waals surface area contributed by atoms with Crippen LogP contribution in [-0.2, 0) is 32.7 Å². The van der Waals surface area contributed by atoms with E-state index in [1.165, 1.54) is 13.1 Å². The molecule has 14 nitrogen and oxygen atoms in total. The second-order valence-corrected chi connectivity index (χ2v) is 12.9. The van der Waals surface area contributed by atoms with E-state index in [1.54, 1.807) is 34.6 Å². The number of H-pyrrole nitrogens is 1.